The molecule has 2 heteroatoms. The fraction of sp³-hybridized carbons (Fsp3) is 0.682. The Morgan fingerprint density at radius 2 is 1.33 bits per heavy atom. The van der Waals surface area contributed by atoms with E-state index in [4.69, 9.17) is 5.11 Å². The van der Waals surface area contributed by atoms with Gasteiger partial charge in [-0.25, -0.2) is 0 Å². The molecule has 0 aliphatic carbocycles. The highest BCUT2D eigenvalue weighted by molar-refractivity contribution is 5.69. The maximum Gasteiger partial charge on any atom is 0.306 e. The number of carboxylic acids is 1. The molecule has 0 aromatic rings. The van der Waals surface area contributed by atoms with Crippen LogP contribution >= 0.6 is 0 Å². The average Bonchev–Trinajstić information content (AvgIpc) is 2.57. The zero-order valence-electron chi connectivity index (χ0n) is 15.9. The molecule has 0 heterocycles. The first-order valence-electron chi connectivity index (χ1n) is 9.90. The fourth-order valence-electron chi connectivity index (χ4n) is 2.69. The number of carbonyl (C=O) groups is 1. The first kappa shape index (κ1) is 22.7. The fourth-order valence-corrected chi connectivity index (χ4v) is 2.69. The van der Waals surface area contributed by atoms with Gasteiger partial charge in [-0.05, 0) is 44.9 Å². The van der Waals surface area contributed by atoms with E-state index in [1.165, 1.54) is 38.5 Å². The van der Waals surface area contributed by atoms with Crippen molar-refractivity contribution in [2.24, 2.45) is 5.92 Å². The van der Waals surface area contributed by atoms with Crippen LogP contribution in [0.4, 0.5) is 0 Å². The second kappa shape index (κ2) is 18.0. The molecule has 0 saturated heterocycles. The number of hydrogen-bond acceptors (Lipinski definition) is 1. The van der Waals surface area contributed by atoms with Gasteiger partial charge in [0.05, 0.1) is 5.92 Å². The van der Waals surface area contributed by atoms with E-state index >= 15 is 0 Å². The summed E-state index contributed by atoms with van der Waals surface area (Å²) in [5.41, 5.74) is 0. The van der Waals surface area contributed by atoms with Crippen molar-refractivity contribution in [3.05, 3.63) is 36.5 Å². The van der Waals surface area contributed by atoms with Crippen LogP contribution in [0.15, 0.2) is 36.5 Å². The minimum absolute atomic E-state index is 0.133. The summed E-state index contributed by atoms with van der Waals surface area (Å²) in [6, 6.07) is 0. The predicted molar refractivity (Wildman–Crippen MR) is 105 cm³/mol. The van der Waals surface area contributed by atoms with E-state index in [9.17, 15) is 4.79 Å². The van der Waals surface area contributed by atoms with Crippen molar-refractivity contribution in [3.8, 4) is 0 Å². The quantitative estimate of drug-likeness (QED) is 0.242. The molecule has 0 aliphatic heterocycles. The first-order chi connectivity index (χ1) is 11.7. The van der Waals surface area contributed by atoms with Crippen LogP contribution in [0.3, 0.4) is 0 Å². The molecule has 0 radical (unpaired) electrons. The third-order valence-corrected chi connectivity index (χ3v) is 4.30. The molecule has 1 atom stereocenters. The number of hydrogen-bond donors (Lipinski definition) is 1. The van der Waals surface area contributed by atoms with E-state index in [1.807, 2.05) is 6.92 Å². The molecule has 0 bridgehead atoms. The molecule has 2 nitrogen and oxygen atoms in total. The van der Waals surface area contributed by atoms with E-state index in [0.717, 1.165) is 38.5 Å². The smallest absolute Gasteiger partial charge is 0.306 e. The summed E-state index contributed by atoms with van der Waals surface area (Å²) < 4.78 is 0. The number of aliphatic carboxylic acids is 1. The van der Waals surface area contributed by atoms with Gasteiger partial charge in [0.1, 0.15) is 0 Å². The van der Waals surface area contributed by atoms with Crippen molar-refractivity contribution in [2.45, 2.75) is 90.9 Å². The molecule has 0 spiro atoms. The highest BCUT2D eigenvalue weighted by Gasteiger charge is 2.13. The normalized spacial score (nSPS) is 13.4. The Labute approximate surface area is 149 Å². The van der Waals surface area contributed by atoms with Crippen molar-refractivity contribution in [1.29, 1.82) is 0 Å². The SMILES string of the molecule is CCC=CCC=CCC=CCCCCCCCCC(CC)C(=O)O. The topological polar surface area (TPSA) is 37.3 Å². The molecule has 0 aromatic heterocycles. The molecule has 0 aliphatic rings. The Kier molecular flexibility index (Phi) is 17.1. The van der Waals surface area contributed by atoms with Crippen molar-refractivity contribution in [3.63, 3.8) is 0 Å². The third-order valence-electron chi connectivity index (χ3n) is 4.30. The summed E-state index contributed by atoms with van der Waals surface area (Å²) in [7, 11) is 0. The summed E-state index contributed by atoms with van der Waals surface area (Å²) in [5.74, 6) is -0.761. The van der Waals surface area contributed by atoms with Gasteiger partial charge >= 0.3 is 5.97 Å². The number of carboxylic acid groups (broad SMARTS) is 1. The molecule has 0 saturated carbocycles. The van der Waals surface area contributed by atoms with Crippen LogP contribution < -0.4 is 0 Å². The average molecular weight is 335 g/mol. The van der Waals surface area contributed by atoms with Gasteiger partial charge in [0.2, 0.25) is 0 Å². The lowest BCUT2D eigenvalue weighted by molar-refractivity contribution is -0.142. The molecule has 0 amide bonds. The van der Waals surface area contributed by atoms with Gasteiger partial charge in [0.15, 0.2) is 0 Å². The molecule has 1 N–H and O–H groups in total. The standard InChI is InChI=1S/C22H38O2/c1-3-5-6-7-8-9-10-11-12-13-14-15-16-17-18-19-20-21(4-2)22(23)24/h5-6,8-9,11-12,21H,3-4,7,10,13-20H2,1-2H3,(H,23,24). The summed E-state index contributed by atoms with van der Waals surface area (Å²) in [4.78, 5) is 10.9. The highest BCUT2D eigenvalue weighted by Crippen LogP contribution is 2.15. The number of rotatable bonds is 16. The number of unbranched alkanes of at least 4 members (excludes halogenated alkanes) is 6. The van der Waals surface area contributed by atoms with Crippen LogP contribution in [0.25, 0.3) is 0 Å². The zero-order chi connectivity index (χ0) is 17.9. The zero-order valence-corrected chi connectivity index (χ0v) is 15.9. The van der Waals surface area contributed by atoms with Crippen LogP contribution in [-0.4, -0.2) is 11.1 Å². The summed E-state index contributed by atoms with van der Waals surface area (Å²) in [6.07, 6.45) is 26.7. The summed E-state index contributed by atoms with van der Waals surface area (Å²) in [5, 5.41) is 8.99. The summed E-state index contributed by atoms with van der Waals surface area (Å²) in [6.45, 7) is 4.12. The second-order valence-electron chi connectivity index (χ2n) is 6.44. The van der Waals surface area contributed by atoms with E-state index in [2.05, 4.69) is 43.4 Å². The Balaban J connectivity index is 3.34. The molecule has 24 heavy (non-hydrogen) atoms. The van der Waals surface area contributed by atoms with Gasteiger partial charge in [-0.1, -0.05) is 82.4 Å². The second-order valence-corrected chi connectivity index (χ2v) is 6.44. The molecule has 0 fully saturated rings. The van der Waals surface area contributed by atoms with E-state index < -0.39 is 5.97 Å². The Morgan fingerprint density at radius 3 is 1.92 bits per heavy atom. The molecular formula is C22H38O2. The lowest BCUT2D eigenvalue weighted by Gasteiger charge is -2.08. The molecule has 138 valence electrons. The predicted octanol–water partition coefficient (Wildman–Crippen LogP) is 7.08. The largest absolute Gasteiger partial charge is 0.481 e. The van der Waals surface area contributed by atoms with Crippen LogP contribution in [-0.2, 0) is 4.79 Å². The maximum absolute atomic E-state index is 10.9. The van der Waals surface area contributed by atoms with Gasteiger partial charge in [-0.3, -0.25) is 4.79 Å². The van der Waals surface area contributed by atoms with Crippen molar-refractivity contribution in [2.75, 3.05) is 0 Å². The molecular weight excluding hydrogens is 296 g/mol. The number of allylic oxidation sites excluding steroid dienone is 6. The third kappa shape index (κ3) is 15.6. The van der Waals surface area contributed by atoms with Gasteiger partial charge < -0.3 is 5.11 Å². The van der Waals surface area contributed by atoms with Gasteiger partial charge in [0, 0.05) is 0 Å². The Bertz CT molecular complexity index is 366. The maximum atomic E-state index is 10.9. The molecule has 0 aromatic carbocycles. The van der Waals surface area contributed by atoms with Crippen molar-refractivity contribution >= 4 is 5.97 Å². The lowest BCUT2D eigenvalue weighted by Crippen LogP contribution is -2.12. The first-order valence-corrected chi connectivity index (χ1v) is 9.90. The molecule has 1 unspecified atom stereocenters. The van der Waals surface area contributed by atoms with Gasteiger partial charge in [-0.15, -0.1) is 0 Å². The Morgan fingerprint density at radius 1 is 0.792 bits per heavy atom. The van der Waals surface area contributed by atoms with Crippen LogP contribution in [0.5, 0.6) is 0 Å². The van der Waals surface area contributed by atoms with Crippen LogP contribution in [0, 0.1) is 5.92 Å². The van der Waals surface area contributed by atoms with E-state index in [-0.39, 0.29) is 5.92 Å². The minimum atomic E-state index is -0.628. The van der Waals surface area contributed by atoms with Gasteiger partial charge in [0.25, 0.3) is 0 Å². The summed E-state index contributed by atoms with van der Waals surface area (Å²) >= 11 is 0. The van der Waals surface area contributed by atoms with Gasteiger partial charge in [-0.2, -0.15) is 0 Å². The Hall–Kier alpha value is -1.31. The monoisotopic (exact) mass is 334 g/mol. The van der Waals surface area contributed by atoms with E-state index in [1.54, 1.807) is 0 Å². The minimum Gasteiger partial charge on any atom is -0.481 e. The van der Waals surface area contributed by atoms with Crippen molar-refractivity contribution in [1.82, 2.24) is 0 Å². The van der Waals surface area contributed by atoms with Crippen LogP contribution in [0.1, 0.15) is 90.9 Å². The van der Waals surface area contributed by atoms with Crippen molar-refractivity contribution < 1.29 is 9.90 Å². The molecule has 0 rings (SSSR count). The van der Waals surface area contributed by atoms with E-state index in [0.29, 0.717) is 0 Å². The lowest BCUT2D eigenvalue weighted by atomic mass is 9.98. The van der Waals surface area contributed by atoms with Crippen LogP contribution in [0.2, 0.25) is 0 Å². The highest BCUT2D eigenvalue weighted by atomic mass is 16.4.